The highest BCUT2D eigenvalue weighted by atomic mass is 16.2. The smallest absolute Gasteiger partial charge is 0.255 e. The summed E-state index contributed by atoms with van der Waals surface area (Å²) in [7, 11) is 0. The molecular weight excluding hydrogens is 404 g/mol. The minimum atomic E-state index is -0.593. The van der Waals surface area contributed by atoms with Crippen LogP contribution in [-0.4, -0.2) is 51.6 Å². The Morgan fingerprint density at radius 3 is 2.81 bits per heavy atom. The minimum Gasteiger partial charge on any atom is -0.322 e. The third-order valence-electron chi connectivity index (χ3n) is 6.79. The van der Waals surface area contributed by atoms with Gasteiger partial charge in [0.1, 0.15) is 6.04 Å². The van der Waals surface area contributed by atoms with Crippen molar-refractivity contribution in [2.24, 2.45) is 5.92 Å². The number of fused-ring (bicyclic) bond motifs is 1. The molecule has 5 rings (SSSR count). The molecule has 166 valence electrons. The van der Waals surface area contributed by atoms with E-state index in [-0.39, 0.29) is 24.1 Å². The van der Waals surface area contributed by atoms with Crippen molar-refractivity contribution in [3.8, 4) is 11.3 Å². The number of hydrogen-bond donors (Lipinski definition) is 1. The van der Waals surface area contributed by atoms with E-state index in [9.17, 15) is 14.4 Å². The highest BCUT2D eigenvalue weighted by Gasteiger charge is 2.39. The number of hydrogen-bond acceptors (Lipinski definition) is 5. The molecule has 2 unspecified atom stereocenters. The molecule has 0 bridgehead atoms. The summed E-state index contributed by atoms with van der Waals surface area (Å²) in [6.07, 6.45) is 5.04. The van der Waals surface area contributed by atoms with Crippen molar-refractivity contribution in [1.29, 1.82) is 0 Å². The lowest BCUT2D eigenvalue weighted by atomic mass is 9.99. The summed E-state index contributed by atoms with van der Waals surface area (Å²) >= 11 is 0. The van der Waals surface area contributed by atoms with Gasteiger partial charge in [0.15, 0.2) is 0 Å². The number of nitrogens with zero attached hydrogens (tertiary/aromatic N) is 3. The molecule has 2 fully saturated rings. The largest absolute Gasteiger partial charge is 0.322 e. The van der Waals surface area contributed by atoms with Crippen LogP contribution in [0.4, 0.5) is 0 Å². The molecule has 1 aromatic heterocycles. The molecule has 7 heteroatoms. The molecule has 7 nitrogen and oxygen atoms in total. The topological polar surface area (TPSA) is 82.6 Å². The molecule has 2 saturated heterocycles. The molecule has 1 N–H and O–H groups in total. The molecule has 3 aliphatic rings. The lowest BCUT2D eigenvalue weighted by Gasteiger charge is -2.30. The minimum absolute atomic E-state index is 0.151. The first-order chi connectivity index (χ1) is 15.5. The Morgan fingerprint density at radius 1 is 1.12 bits per heavy atom. The average molecular weight is 433 g/mol. The monoisotopic (exact) mass is 432 g/mol. The Hall–Kier alpha value is -3.06. The van der Waals surface area contributed by atoms with Gasteiger partial charge in [-0.05, 0) is 67.1 Å². The maximum absolute atomic E-state index is 12.9. The number of amides is 3. The lowest BCUT2D eigenvalue weighted by Crippen LogP contribution is -2.52. The summed E-state index contributed by atoms with van der Waals surface area (Å²) < 4.78 is 0. The molecule has 4 heterocycles. The van der Waals surface area contributed by atoms with Gasteiger partial charge in [-0.25, -0.2) is 0 Å². The van der Waals surface area contributed by atoms with E-state index in [4.69, 9.17) is 0 Å². The number of likely N-dealkylation sites (tertiary alicyclic amines) is 1. The number of imide groups is 1. The van der Waals surface area contributed by atoms with E-state index in [0.717, 1.165) is 42.4 Å². The zero-order chi connectivity index (χ0) is 22.2. The zero-order valence-corrected chi connectivity index (χ0v) is 18.3. The van der Waals surface area contributed by atoms with Crippen LogP contribution in [0.15, 0.2) is 36.5 Å². The number of carbonyl (C=O) groups is 3. The van der Waals surface area contributed by atoms with E-state index in [2.05, 4.69) is 34.3 Å². The summed E-state index contributed by atoms with van der Waals surface area (Å²) in [5.41, 5.74) is 4.62. The highest BCUT2D eigenvalue weighted by Crippen LogP contribution is 2.31. The second kappa shape index (κ2) is 8.47. The third kappa shape index (κ3) is 4.05. The van der Waals surface area contributed by atoms with Gasteiger partial charge >= 0.3 is 0 Å². The fourth-order valence-corrected chi connectivity index (χ4v) is 5.15. The van der Waals surface area contributed by atoms with Gasteiger partial charge in [0.05, 0.1) is 5.69 Å². The molecule has 3 aliphatic heterocycles. The maximum Gasteiger partial charge on any atom is 0.255 e. The Kier molecular flexibility index (Phi) is 5.51. The molecule has 0 spiro atoms. The van der Waals surface area contributed by atoms with Crippen LogP contribution in [0.5, 0.6) is 0 Å². The van der Waals surface area contributed by atoms with E-state index in [0.29, 0.717) is 18.5 Å². The molecule has 0 aliphatic carbocycles. The van der Waals surface area contributed by atoms with E-state index in [1.54, 1.807) is 4.90 Å². The second-order valence-electron chi connectivity index (χ2n) is 9.30. The van der Waals surface area contributed by atoms with Gasteiger partial charge in [-0.3, -0.25) is 29.6 Å². The van der Waals surface area contributed by atoms with Crippen molar-refractivity contribution in [2.45, 2.75) is 51.7 Å². The van der Waals surface area contributed by atoms with Crippen LogP contribution in [0, 0.1) is 5.92 Å². The predicted octanol–water partition coefficient (Wildman–Crippen LogP) is 2.74. The number of nitrogens with one attached hydrogen (secondary N) is 1. The van der Waals surface area contributed by atoms with E-state index >= 15 is 0 Å². The van der Waals surface area contributed by atoms with Crippen LogP contribution in [0.25, 0.3) is 11.3 Å². The van der Waals surface area contributed by atoms with Gasteiger partial charge in [-0.1, -0.05) is 13.0 Å². The van der Waals surface area contributed by atoms with Crippen LogP contribution < -0.4 is 5.32 Å². The number of carbonyl (C=O) groups excluding carboxylic acids is 3. The number of rotatable bonds is 4. The van der Waals surface area contributed by atoms with Crippen LogP contribution in [0.2, 0.25) is 0 Å². The van der Waals surface area contributed by atoms with E-state index < -0.39 is 6.04 Å². The number of pyridine rings is 1. The first-order valence-electron chi connectivity index (χ1n) is 11.4. The molecule has 2 atom stereocenters. The summed E-state index contributed by atoms with van der Waals surface area (Å²) in [4.78, 5) is 45.3. The number of piperidine rings is 2. The molecule has 1 aromatic carbocycles. The van der Waals surface area contributed by atoms with E-state index in [1.807, 2.05) is 24.4 Å². The third-order valence-corrected chi connectivity index (χ3v) is 6.79. The van der Waals surface area contributed by atoms with Crippen LogP contribution >= 0.6 is 0 Å². The fraction of sp³-hybridized carbons (Fsp3) is 0.440. The van der Waals surface area contributed by atoms with Gasteiger partial charge in [-0.2, -0.15) is 0 Å². The maximum atomic E-state index is 12.9. The van der Waals surface area contributed by atoms with Gasteiger partial charge in [0.2, 0.25) is 11.8 Å². The molecule has 32 heavy (non-hydrogen) atoms. The van der Waals surface area contributed by atoms with Crippen molar-refractivity contribution in [2.75, 3.05) is 13.1 Å². The Labute approximate surface area is 187 Å². The van der Waals surface area contributed by atoms with Crippen LogP contribution in [0.1, 0.15) is 54.1 Å². The van der Waals surface area contributed by atoms with Crippen molar-refractivity contribution in [1.82, 2.24) is 20.1 Å². The van der Waals surface area contributed by atoms with Crippen LogP contribution in [0.3, 0.4) is 0 Å². The molecule has 2 aromatic rings. The summed E-state index contributed by atoms with van der Waals surface area (Å²) in [6, 6.07) is 9.39. The van der Waals surface area contributed by atoms with Crippen molar-refractivity contribution < 1.29 is 14.4 Å². The van der Waals surface area contributed by atoms with Crippen molar-refractivity contribution >= 4 is 17.7 Å². The van der Waals surface area contributed by atoms with Gasteiger partial charge in [-0.15, -0.1) is 0 Å². The predicted molar refractivity (Wildman–Crippen MR) is 119 cm³/mol. The standard InChI is InChI=1S/C25H28N4O3/c1-16-3-2-10-28(13-16)14-17-8-9-26-21(11-17)18-4-5-20-19(12-18)15-29(25(20)32)22-6-7-23(30)27-24(22)31/h4-5,8-9,11-12,16,22H,2-3,6-7,10,13-15H2,1H3,(H,27,30,31). The Balaban J connectivity index is 1.34. The molecule has 3 amide bonds. The Morgan fingerprint density at radius 2 is 2.00 bits per heavy atom. The highest BCUT2D eigenvalue weighted by molar-refractivity contribution is 6.05. The zero-order valence-electron chi connectivity index (χ0n) is 18.3. The summed E-state index contributed by atoms with van der Waals surface area (Å²) in [6.45, 7) is 5.88. The van der Waals surface area contributed by atoms with Gasteiger partial charge in [0.25, 0.3) is 5.91 Å². The van der Waals surface area contributed by atoms with Crippen LogP contribution in [-0.2, 0) is 22.7 Å². The Bertz CT molecular complexity index is 1080. The molecule has 0 radical (unpaired) electrons. The van der Waals surface area contributed by atoms with Crippen molar-refractivity contribution in [3.05, 3.63) is 53.2 Å². The summed E-state index contributed by atoms with van der Waals surface area (Å²) in [5, 5.41) is 2.35. The molecular formula is C25H28N4O3. The second-order valence-corrected chi connectivity index (χ2v) is 9.30. The number of aromatic nitrogens is 1. The number of benzene rings is 1. The normalized spacial score (nSPS) is 23.9. The lowest BCUT2D eigenvalue weighted by molar-refractivity contribution is -0.136. The SMILES string of the molecule is CC1CCCN(Cc2ccnc(-c3ccc4c(c3)CN(C3CCC(=O)NC3=O)C4=O)c2)C1. The first-order valence-corrected chi connectivity index (χ1v) is 11.4. The first kappa shape index (κ1) is 20.8. The summed E-state index contributed by atoms with van der Waals surface area (Å²) in [5.74, 6) is -0.0692. The van der Waals surface area contributed by atoms with Crippen molar-refractivity contribution in [3.63, 3.8) is 0 Å². The average Bonchev–Trinajstić information content (AvgIpc) is 3.09. The fourth-order valence-electron chi connectivity index (χ4n) is 5.15. The molecule has 0 saturated carbocycles. The van der Waals surface area contributed by atoms with E-state index in [1.165, 1.54) is 18.4 Å². The quantitative estimate of drug-likeness (QED) is 0.752. The van der Waals surface area contributed by atoms with Gasteiger partial charge < -0.3 is 4.90 Å². The van der Waals surface area contributed by atoms with Gasteiger partial charge in [0, 0.05) is 43.4 Å².